The van der Waals surface area contributed by atoms with Gasteiger partial charge in [-0.25, -0.2) is 9.97 Å². The van der Waals surface area contributed by atoms with Crippen molar-refractivity contribution in [2.24, 2.45) is 5.73 Å². The maximum absolute atomic E-state index is 12.2. The summed E-state index contributed by atoms with van der Waals surface area (Å²) in [6, 6.07) is 12.4. The molecule has 2 heterocycles. The summed E-state index contributed by atoms with van der Waals surface area (Å²) in [5.74, 6) is -0.0232. The molecule has 2 aromatic heterocycles. The Morgan fingerprint density at radius 1 is 1.05 bits per heavy atom. The van der Waals surface area contributed by atoms with Crippen LogP contribution in [0.25, 0.3) is 16.9 Å². The number of carbonyl (C=O) groups is 2. The number of anilines is 2. The highest BCUT2D eigenvalue weighted by Gasteiger charge is 2.16. The number of ether oxygens (including phenoxy) is 2. The topological polar surface area (TPSA) is 154 Å². The minimum absolute atomic E-state index is 0. The molecule has 11 heteroatoms. The van der Waals surface area contributed by atoms with E-state index in [1.807, 2.05) is 12.1 Å². The van der Waals surface area contributed by atoms with E-state index >= 15 is 0 Å². The third-order valence-corrected chi connectivity index (χ3v) is 5.40. The first-order valence-corrected chi connectivity index (χ1v) is 10.7. The average molecular weight is 509 g/mol. The number of aliphatic carboxylic acids is 1. The quantitative estimate of drug-likeness (QED) is 0.284. The Morgan fingerprint density at radius 2 is 1.81 bits per heavy atom. The number of aromatic nitrogens is 4. The summed E-state index contributed by atoms with van der Waals surface area (Å²) in [7, 11) is 3.12. The van der Waals surface area contributed by atoms with Crippen LogP contribution in [0.5, 0.6) is 11.5 Å². The summed E-state index contributed by atoms with van der Waals surface area (Å²) in [5.41, 5.74) is 9.04. The van der Waals surface area contributed by atoms with Crippen LogP contribution in [0.3, 0.4) is 0 Å². The molecule has 4 rings (SSSR count). The number of carbonyl (C=O) groups excluding carboxylic acids is 1. The van der Waals surface area contributed by atoms with Gasteiger partial charge in [0.15, 0.2) is 17.1 Å². The van der Waals surface area contributed by atoms with E-state index in [1.54, 1.807) is 44.6 Å². The van der Waals surface area contributed by atoms with Gasteiger partial charge in [0, 0.05) is 18.1 Å². The molecule has 0 spiro atoms. The van der Waals surface area contributed by atoms with E-state index in [4.69, 9.17) is 25.3 Å². The van der Waals surface area contributed by atoms with Crippen LogP contribution in [0.4, 0.5) is 11.6 Å². The third-order valence-electron chi connectivity index (χ3n) is 5.40. The second-order valence-electron chi connectivity index (χ2n) is 7.68. The van der Waals surface area contributed by atoms with Gasteiger partial charge in [-0.3, -0.25) is 9.59 Å². The molecule has 0 saturated heterocycles. The number of amides is 1. The highest BCUT2D eigenvalue weighted by molar-refractivity contribution is 5.99. The molecule has 0 aliphatic rings. The highest BCUT2D eigenvalue weighted by Crippen LogP contribution is 2.33. The predicted molar refractivity (Wildman–Crippen MR) is 142 cm³/mol. The lowest BCUT2D eigenvalue weighted by atomic mass is 10.0. The van der Waals surface area contributed by atoms with Gasteiger partial charge in [-0.1, -0.05) is 20.9 Å². The van der Waals surface area contributed by atoms with Gasteiger partial charge in [0.2, 0.25) is 5.95 Å². The van der Waals surface area contributed by atoms with Gasteiger partial charge in [0.25, 0.3) is 5.91 Å². The zero-order valence-electron chi connectivity index (χ0n) is 19.2. The number of methoxy groups -OCH3 is 2. The molecule has 1 amide bonds. The van der Waals surface area contributed by atoms with Gasteiger partial charge < -0.3 is 25.6 Å². The van der Waals surface area contributed by atoms with Crippen LogP contribution in [0, 0.1) is 0 Å². The second-order valence-corrected chi connectivity index (χ2v) is 7.68. The summed E-state index contributed by atoms with van der Waals surface area (Å²) >= 11 is 0. The number of carboxylic acids is 1. The molecule has 0 aliphatic heterocycles. The minimum Gasteiger partial charge on any atom is -0.493 e. The normalized spacial score (nSPS) is 10.2. The van der Waals surface area contributed by atoms with Crippen LogP contribution >= 0.6 is 0 Å². The fraction of sp³-hybridized carbons (Fsp3) is 0.269. The van der Waals surface area contributed by atoms with Crippen LogP contribution in [-0.4, -0.2) is 50.8 Å². The van der Waals surface area contributed by atoms with Crippen molar-refractivity contribution < 1.29 is 24.2 Å². The van der Waals surface area contributed by atoms with Crippen molar-refractivity contribution >= 4 is 29.2 Å². The van der Waals surface area contributed by atoms with Crippen molar-refractivity contribution in [2.75, 3.05) is 19.5 Å². The minimum atomic E-state index is -0.865. The number of aryl methyl sites for hydroxylation is 1. The number of primary amides is 1. The molecule has 196 valence electrons. The first-order valence-electron chi connectivity index (χ1n) is 10.7. The number of hydrogen-bond acceptors (Lipinski definition) is 8. The number of carboxylic acid groups (broad SMARTS) is 1. The van der Waals surface area contributed by atoms with Gasteiger partial charge in [-0.05, 0) is 48.7 Å². The van der Waals surface area contributed by atoms with E-state index in [0.717, 1.165) is 11.1 Å². The Bertz CT molecular complexity index is 1400. The van der Waals surface area contributed by atoms with E-state index < -0.39 is 11.9 Å². The van der Waals surface area contributed by atoms with Crippen LogP contribution < -0.4 is 20.5 Å². The number of fused-ring (bicyclic) bond motifs is 1. The van der Waals surface area contributed by atoms with Gasteiger partial charge in [-0.2, -0.15) is 9.61 Å². The molecular weight excluding hydrogens is 476 g/mol. The molecular formula is C26H32N6O5. The monoisotopic (exact) mass is 508 g/mol. The Labute approximate surface area is 215 Å². The van der Waals surface area contributed by atoms with Crippen molar-refractivity contribution in [3.05, 3.63) is 59.9 Å². The smallest absolute Gasteiger partial charge is 0.303 e. The fourth-order valence-electron chi connectivity index (χ4n) is 3.68. The molecule has 0 bridgehead atoms. The molecule has 2 aromatic carbocycles. The van der Waals surface area contributed by atoms with Gasteiger partial charge in [-0.15, -0.1) is 0 Å². The number of benzene rings is 2. The van der Waals surface area contributed by atoms with Crippen molar-refractivity contribution in [3.63, 3.8) is 0 Å². The Morgan fingerprint density at radius 3 is 2.49 bits per heavy atom. The zero-order valence-corrected chi connectivity index (χ0v) is 19.2. The van der Waals surface area contributed by atoms with Crippen LogP contribution in [0.15, 0.2) is 48.8 Å². The van der Waals surface area contributed by atoms with Crippen molar-refractivity contribution in [1.82, 2.24) is 19.6 Å². The molecule has 37 heavy (non-hydrogen) atoms. The van der Waals surface area contributed by atoms with E-state index in [9.17, 15) is 9.59 Å². The first kappa shape index (κ1) is 28.6. The number of rotatable bonds is 10. The molecule has 4 aromatic rings. The van der Waals surface area contributed by atoms with Crippen molar-refractivity contribution in [3.8, 4) is 22.8 Å². The molecule has 11 nitrogen and oxygen atoms in total. The average Bonchev–Trinajstić information content (AvgIpc) is 3.33. The van der Waals surface area contributed by atoms with Gasteiger partial charge >= 0.3 is 5.97 Å². The molecule has 4 N–H and O–H groups in total. The molecule has 0 radical (unpaired) electrons. The maximum atomic E-state index is 12.2. The second kappa shape index (κ2) is 12.3. The van der Waals surface area contributed by atoms with E-state index in [-0.39, 0.29) is 26.8 Å². The number of nitrogens with zero attached hydrogens (tertiary/aromatic N) is 4. The molecule has 0 atom stereocenters. The summed E-state index contributed by atoms with van der Waals surface area (Å²) in [5, 5.41) is 16.2. The third kappa shape index (κ3) is 6.31. The Kier molecular flexibility index (Phi) is 9.53. The summed E-state index contributed by atoms with van der Waals surface area (Å²) in [6.07, 6.45) is 2.41. The molecule has 0 fully saturated rings. The van der Waals surface area contributed by atoms with Crippen molar-refractivity contribution in [1.29, 1.82) is 0 Å². The number of nitrogens with one attached hydrogen (secondary N) is 1. The fourth-order valence-corrected chi connectivity index (χ4v) is 3.68. The standard InChI is InChI=1S/C24H24N6O5.2CH4/c1-34-19-9-7-15(11-20(19)35-2)18-12-21-26-13-27-30(21)24(29-18)28-17-8-6-14(4-3-5-22(31)32)10-16(17)23(25)33;;/h6-13H,3-5H2,1-2H3,(H2,25,33)(H,28,29)(H,31,32);2*1H4. The lowest BCUT2D eigenvalue weighted by Crippen LogP contribution is -2.15. The summed E-state index contributed by atoms with van der Waals surface area (Å²) in [4.78, 5) is 31.9. The number of nitrogens with two attached hydrogens (primary N) is 1. The lowest BCUT2D eigenvalue weighted by molar-refractivity contribution is -0.137. The number of hydrogen-bond donors (Lipinski definition) is 3. The lowest BCUT2D eigenvalue weighted by Gasteiger charge is -2.14. The predicted octanol–water partition coefficient (Wildman–Crippen LogP) is 4.33. The van der Waals surface area contributed by atoms with Crippen LogP contribution in [-0.2, 0) is 11.2 Å². The highest BCUT2D eigenvalue weighted by atomic mass is 16.5. The van der Waals surface area contributed by atoms with Crippen LogP contribution in [0.2, 0.25) is 0 Å². The SMILES string of the molecule is C.C.COc1ccc(-c2cc3ncnn3c(Nc3ccc(CCCC(=O)O)cc3C(N)=O)n2)cc1OC. The van der Waals surface area contributed by atoms with Crippen molar-refractivity contribution in [2.45, 2.75) is 34.1 Å². The van der Waals surface area contributed by atoms with E-state index in [1.165, 1.54) is 10.8 Å². The molecule has 0 aliphatic carbocycles. The summed E-state index contributed by atoms with van der Waals surface area (Å²) < 4.78 is 12.2. The van der Waals surface area contributed by atoms with E-state index in [2.05, 4.69) is 15.4 Å². The maximum Gasteiger partial charge on any atom is 0.303 e. The molecule has 0 unspecified atom stereocenters. The largest absolute Gasteiger partial charge is 0.493 e. The zero-order chi connectivity index (χ0) is 24.9. The summed E-state index contributed by atoms with van der Waals surface area (Å²) in [6.45, 7) is 0. The van der Waals surface area contributed by atoms with Crippen LogP contribution in [0.1, 0.15) is 43.6 Å². The van der Waals surface area contributed by atoms with Gasteiger partial charge in [0.05, 0.1) is 31.2 Å². The Hall–Kier alpha value is -4.67. The molecule has 0 saturated carbocycles. The van der Waals surface area contributed by atoms with E-state index in [0.29, 0.717) is 47.3 Å². The first-order chi connectivity index (χ1) is 16.9. The van der Waals surface area contributed by atoms with Gasteiger partial charge in [0.1, 0.15) is 6.33 Å². The Balaban J connectivity index is 0.00000241.